The molecule has 0 aliphatic rings. The molecule has 0 radical (unpaired) electrons. The van der Waals surface area contributed by atoms with Crippen LogP contribution in [0.2, 0.25) is 0 Å². The van der Waals surface area contributed by atoms with Gasteiger partial charge in [0.2, 0.25) is 11.8 Å². The Kier molecular flexibility index (Phi) is 10.1. The summed E-state index contributed by atoms with van der Waals surface area (Å²) in [7, 11) is -4.06. The fourth-order valence-corrected chi connectivity index (χ4v) is 5.41. The number of benzene rings is 3. The number of nitrogens with one attached hydrogen (secondary N) is 1. The van der Waals surface area contributed by atoms with E-state index in [0.29, 0.717) is 5.69 Å². The Morgan fingerprint density at radius 1 is 0.816 bits per heavy atom. The molecule has 0 heterocycles. The van der Waals surface area contributed by atoms with Gasteiger partial charge in [0.15, 0.2) is 0 Å². The van der Waals surface area contributed by atoms with Crippen molar-refractivity contribution in [3.05, 3.63) is 96.1 Å². The molecule has 7 nitrogen and oxygen atoms in total. The van der Waals surface area contributed by atoms with E-state index in [1.807, 2.05) is 63.2 Å². The average Bonchev–Trinajstić information content (AvgIpc) is 2.95. The molecule has 3 aromatic rings. The van der Waals surface area contributed by atoms with Crippen LogP contribution in [0, 0.1) is 0 Å². The number of anilines is 1. The van der Waals surface area contributed by atoms with Gasteiger partial charge in [0.1, 0.15) is 12.6 Å². The molecule has 3 rings (SSSR count). The molecular weight excluding hydrogens is 498 g/mol. The average molecular weight is 536 g/mol. The van der Waals surface area contributed by atoms with Crippen molar-refractivity contribution in [2.45, 2.75) is 64.1 Å². The highest BCUT2D eigenvalue weighted by Crippen LogP contribution is 2.25. The first-order valence-electron chi connectivity index (χ1n) is 13.0. The molecule has 0 saturated carbocycles. The van der Waals surface area contributed by atoms with Gasteiger partial charge in [0.25, 0.3) is 10.0 Å². The summed E-state index contributed by atoms with van der Waals surface area (Å²) in [6.07, 6.45) is 1.56. The molecule has 202 valence electrons. The highest BCUT2D eigenvalue weighted by molar-refractivity contribution is 7.92. The lowest BCUT2D eigenvalue weighted by atomic mass is 10.1. The maximum atomic E-state index is 13.9. The Bertz CT molecular complexity index is 1300. The van der Waals surface area contributed by atoms with Gasteiger partial charge in [-0.3, -0.25) is 13.9 Å². The zero-order valence-corrected chi connectivity index (χ0v) is 23.3. The molecular formula is C30H37N3O4S. The normalized spacial score (nSPS) is 12.8. The number of amides is 2. The van der Waals surface area contributed by atoms with Gasteiger partial charge in [-0.15, -0.1) is 0 Å². The van der Waals surface area contributed by atoms with Crippen LogP contribution in [0.1, 0.15) is 45.2 Å². The first kappa shape index (κ1) is 28.9. The second kappa shape index (κ2) is 13.2. The highest BCUT2D eigenvalue weighted by Gasteiger charge is 2.32. The predicted molar refractivity (Wildman–Crippen MR) is 151 cm³/mol. The van der Waals surface area contributed by atoms with Crippen LogP contribution in [0.5, 0.6) is 0 Å². The van der Waals surface area contributed by atoms with Gasteiger partial charge < -0.3 is 10.2 Å². The Hall–Kier alpha value is -3.65. The number of rotatable bonds is 12. The molecule has 0 spiro atoms. The van der Waals surface area contributed by atoms with Crippen LogP contribution in [-0.4, -0.2) is 43.8 Å². The molecule has 0 aliphatic carbocycles. The van der Waals surface area contributed by atoms with Crippen molar-refractivity contribution >= 4 is 27.5 Å². The lowest BCUT2D eigenvalue weighted by molar-refractivity contribution is -0.139. The van der Waals surface area contributed by atoms with Crippen molar-refractivity contribution < 1.29 is 18.0 Å². The van der Waals surface area contributed by atoms with Crippen molar-refractivity contribution in [3.8, 4) is 0 Å². The Balaban J connectivity index is 2.00. The number of carbonyl (C=O) groups excluding carboxylic acids is 2. The van der Waals surface area contributed by atoms with E-state index in [4.69, 9.17) is 0 Å². The second-order valence-corrected chi connectivity index (χ2v) is 11.2. The molecule has 2 amide bonds. The van der Waals surface area contributed by atoms with Crippen molar-refractivity contribution in [3.63, 3.8) is 0 Å². The maximum Gasteiger partial charge on any atom is 0.264 e. The summed E-state index contributed by atoms with van der Waals surface area (Å²) in [5, 5.41) is 2.94. The zero-order chi connectivity index (χ0) is 27.7. The van der Waals surface area contributed by atoms with Crippen molar-refractivity contribution in [2.75, 3.05) is 10.8 Å². The largest absolute Gasteiger partial charge is 0.352 e. The molecule has 0 unspecified atom stereocenters. The van der Waals surface area contributed by atoms with Crippen LogP contribution in [0.4, 0.5) is 5.69 Å². The first-order chi connectivity index (χ1) is 18.2. The van der Waals surface area contributed by atoms with Gasteiger partial charge in [-0.05, 0) is 62.1 Å². The third-order valence-corrected chi connectivity index (χ3v) is 8.39. The number of sulfonamides is 1. The summed E-state index contributed by atoms with van der Waals surface area (Å²) in [5.74, 6) is -0.756. The Labute approximate surface area is 226 Å². The van der Waals surface area contributed by atoms with Gasteiger partial charge >= 0.3 is 0 Å². The molecule has 0 fully saturated rings. The summed E-state index contributed by atoms with van der Waals surface area (Å²) < 4.78 is 28.7. The topological polar surface area (TPSA) is 86.8 Å². The standard InChI is InChI=1S/C30H37N3O4S/c1-5-23(3)31-30(35)24(4)32(21-26-13-9-7-10-14-26)29(34)22-33(27-19-17-25(6-2)18-20-27)38(36,37)28-15-11-8-12-16-28/h7-20,23-24H,5-6,21-22H2,1-4H3,(H,31,35)/t23-,24+/m1/s1. The van der Waals surface area contributed by atoms with Crippen LogP contribution < -0.4 is 9.62 Å². The van der Waals surface area contributed by atoms with Crippen LogP contribution in [0.15, 0.2) is 89.8 Å². The van der Waals surface area contributed by atoms with Crippen LogP contribution in [-0.2, 0) is 32.6 Å². The minimum absolute atomic E-state index is 0.0503. The van der Waals surface area contributed by atoms with E-state index in [1.54, 1.807) is 37.3 Å². The smallest absolute Gasteiger partial charge is 0.264 e. The summed E-state index contributed by atoms with van der Waals surface area (Å²) in [5.41, 5.74) is 2.28. The van der Waals surface area contributed by atoms with E-state index in [1.165, 1.54) is 17.0 Å². The van der Waals surface area contributed by atoms with E-state index < -0.39 is 28.5 Å². The predicted octanol–water partition coefficient (Wildman–Crippen LogP) is 4.78. The Morgan fingerprint density at radius 2 is 1.39 bits per heavy atom. The van der Waals surface area contributed by atoms with E-state index in [-0.39, 0.29) is 23.4 Å². The van der Waals surface area contributed by atoms with Gasteiger partial charge in [-0.25, -0.2) is 8.42 Å². The summed E-state index contributed by atoms with van der Waals surface area (Å²) in [6.45, 7) is 7.29. The molecule has 0 aromatic heterocycles. The molecule has 38 heavy (non-hydrogen) atoms. The number of carbonyl (C=O) groups is 2. The van der Waals surface area contributed by atoms with E-state index in [0.717, 1.165) is 28.3 Å². The van der Waals surface area contributed by atoms with Gasteiger partial charge in [-0.2, -0.15) is 0 Å². The quantitative estimate of drug-likeness (QED) is 0.362. The molecule has 0 aliphatic heterocycles. The summed E-state index contributed by atoms with van der Waals surface area (Å²) >= 11 is 0. The van der Waals surface area contributed by atoms with Crippen LogP contribution in [0.25, 0.3) is 0 Å². The zero-order valence-electron chi connectivity index (χ0n) is 22.5. The van der Waals surface area contributed by atoms with Gasteiger partial charge in [-0.1, -0.05) is 74.5 Å². The monoisotopic (exact) mass is 535 g/mol. The fourth-order valence-electron chi connectivity index (χ4n) is 3.97. The van der Waals surface area contributed by atoms with E-state index >= 15 is 0 Å². The van der Waals surface area contributed by atoms with Crippen molar-refractivity contribution in [1.29, 1.82) is 0 Å². The molecule has 0 bridgehead atoms. The molecule has 2 atom stereocenters. The number of nitrogens with zero attached hydrogens (tertiary/aromatic N) is 2. The SMILES string of the molecule is CCc1ccc(N(CC(=O)N(Cc2ccccc2)[C@@H](C)C(=O)N[C@H](C)CC)S(=O)(=O)c2ccccc2)cc1. The van der Waals surface area contributed by atoms with E-state index in [9.17, 15) is 18.0 Å². The minimum Gasteiger partial charge on any atom is -0.352 e. The van der Waals surface area contributed by atoms with Crippen molar-refractivity contribution in [1.82, 2.24) is 10.2 Å². The molecule has 8 heteroatoms. The third kappa shape index (κ3) is 7.22. The summed E-state index contributed by atoms with van der Waals surface area (Å²) in [4.78, 5) is 28.5. The Morgan fingerprint density at radius 3 is 1.95 bits per heavy atom. The molecule has 0 saturated heterocycles. The molecule has 1 N–H and O–H groups in total. The van der Waals surface area contributed by atoms with Gasteiger partial charge in [0.05, 0.1) is 10.6 Å². The third-order valence-electron chi connectivity index (χ3n) is 6.61. The molecule has 3 aromatic carbocycles. The van der Waals surface area contributed by atoms with Gasteiger partial charge in [0, 0.05) is 12.6 Å². The van der Waals surface area contributed by atoms with Crippen LogP contribution >= 0.6 is 0 Å². The fraction of sp³-hybridized carbons (Fsp3) is 0.333. The lowest BCUT2D eigenvalue weighted by Gasteiger charge is -2.32. The lowest BCUT2D eigenvalue weighted by Crippen LogP contribution is -2.52. The van der Waals surface area contributed by atoms with E-state index in [2.05, 4.69) is 5.32 Å². The minimum atomic E-state index is -4.06. The maximum absolute atomic E-state index is 13.9. The summed E-state index contributed by atoms with van der Waals surface area (Å²) in [6, 6.07) is 23.7. The number of hydrogen-bond donors (Lipinski definition) is 1. The number of aryl methyl sites for hydroxylation is 1. The second-order valence-electron chi connectivity index (χ2n) is 9.35. The highest BCUT2D eigenvalue weighted by atomic mass is 32.2. The first-order valence-corrected chi connectivity index (χ1v) is 14.4. The number of hydrogen-bond acceptors (Lipinski definition) is 4. The van der Waals surface area contributed by atoms with Crippen LogP contribution in [0.3, 0.4) is 0 Å². The van der Waals surface area contributed by atoms with Crippen molar-refractivity contribution in [2.24, 2.45) is 0 Å².